The van der Waals surface area contributed by atoms with Gasteiger partial charge in [0.25, 0.3) is 6.43 Å². The van der Waals surface area contributed by atoms with Crippen molar-refractivity contribution in [1.82, 2.24) is 4.90 Å². The highest BCUT2D eigenvalue weighted by atomic mass is 19.3. The Kier molecular flexibility index (Phi) is 4.73. The molecule has 19 heavy (non-hydrogen) atoms. The van der Waals surface area contributed by atoms with E-state index in [4.69, 9.17) is 15.2 Å². The van der Waals surface area contributed by atoms with Crippen molar-refractivity contribution in [2.75, 3.05) is 19.7 Å². The minimum atomic E-state index is -2.73. The number of rotatable bonds is 2. The third-order valence-corrected chi connectivity index (χ3v) is 2.88. The number of alkyl halides is 2. The summed E-state index contributed by atoms with van der Waals surface area (Å²) in [6.45, 7) is 6.94. The molecule has 0 spiro atoms. The number of amides is 1. The minimum absolute atomic E-state index is 0.00620. The van der Waals surface area contributed by atoms with Gasteiger partial charge in [-0.1, -0.05) is 0 Å². The van der Waals surface area contributed by atoms with Crippen LogP contribution in [0.4, 0.5) is 13.6 Å². The molecule has 0 aromatic carbocycles. The van der Waals surface area contributed by atoms with Crippen molar-refractivity contribution in [3.05, 3.63) is 0 Å². The number of nitrogens with two attached hydrogens (primary N) is 1. The fourth-order valence-corrected chi connectivity index (χ4v) is 1.66. The smallest absolute Gasteiger partial charge is 0.410 e. The highest BCUT2D eigenvalue weighted by Gasteiger charge is 2.43. The molecular weight excluding hydrogens is 258 g/mol. The SMILES string of the molecule is CC(C)(C)OC(=O)N1CCOC(C(C)(N)C(F)F)C1. The molecule has 1 rings (SSSR count). The van der Waals surface area contributed by atoms with Crippen molar-refractivity contribution in [3.8, 4) is 0 Å². The zero-order valence-electron chi connectivity index (χ0n) is 11.8. The van der Waals surface area contributed by atoms with Gasteiger partial charge in [-0.25, -0.2) is 13.6 Å². The molecule has 0 aliphatic carbocycles. The van der Waals surface area contributed by atoms with Crippen molar-refractivity contribution in [3.63, 3.8) is 0 Å². The van der Waals surface area contributed by atoms with Crippen LogP contribution in [-0.4, -0.2) is 54.4 Å². The molecule has 7 heteroatoms. The first-order chi connectivity index (χ1) is 8.54. The number of nitrogens with zero attached hydrogens (tertiary/aromatic N) is 1. The van der Waals surface area contributed by atoms with E-state index >= 15 is 0 Å². The largest absolute Gasteiger partial charge is 0.444 e. The lowest BCUT2D eigenvalue weighted by Crippen LogP contribution is -2.62. The number of hydrogen-bond donors (Lipinski definition) is 1. The summed E-state index contributed by atoms with van der Waals surface area (Å²) in [5.41, 5.74) is 3.15. The number of ether oxygens (including phenoxy) is 2. The van der Waals surface area contributed by atoms with Gasteiger partial charge in [0.2, 0.25) is 0 Å². The van der Waals surface area contributed by atoms with E-state index in [2.05, 4.69) is 0 Å². The summed E-state index contributed by atoms with van der Waals surface area (Å²) in [4.78, 5) is 13.2. The third kappa shape index (κ3) is 4.28. The first-order valence-corrected chi connectivity index (χ1v) is 6.20. The zero-order chi connectivity index (χ0) is 14.8. The molecule has 1 saturated heterocycles. The third-order valence-electron chi connectivity index (χ3n) is 2.88. The lowest BCUT2D eigenvalue weighted by atomic mass is 9.95. The second kappa shape index (κ2) is 5.58. The molecule has 0 saturated carbocycles. The van der Waals surface area contributed by atoms with Crippen LogP contribution in [0.2, 0.25) is 0 Å². The monoisotopic (exact) mass is 280 g/mol. The normalized spacial score (nSPS) is 24.2. The van der Waals surface area contributed by atoms with E-state index in [1.165, 1.54) is 11.8 Å². The van der Waals surface area contributed by atoms with E-state index < -0.39 is 29.8 Å². The summed E-state index contributed by atoms with van der Waals surface area (Å²) in [7, 11) is 0. The molecule has 0 radical (unpaired) electrons. The maximum Gasteiger partial charge on any atom is 0.410 e. The van der Waals surface area contributed by atoms with Gasteiger partial charge in [0.15, 0.2) is 0 Å². The molecule has 1 aliphatic rings. The molecule has 0 aromatic heterocycles. The number of morpholine rings is 1. The quantitative estimate of drug-likeness (QED) is 0.834. The van der Waals surface area contributed by atoms with Gasteiger partial charge in [-0.2, -0.15) is 0 Å². The van der Waals surface area contributed by atoms with Crippen LogP contribution in [0.1, 0.15) is 27.7 Å². The van der Waals surface area contributed by atoms with Gasteiger partial charge in [0.1, 0.15) is 11.1 Å². The Hall–Kier alpha value is -0.950. The molecule has 2 atom stereocenters. The van der Waals surface area contributed by atoms with Crippen molar-refractivity contribution >= 4 is 6.09 Å². The molecule has 1 amide bonds. The maximum absolute atomic E-state index is 12.9. The van der Waals surface area contributed by atoms with Crippen LogP contribution in [-0.2, 0) is 9.47 Å². The number of halogens is 2. The topological polar surface area (TPSA) is 64.8 Å². The maximum atomic E-state index is 12.9. The van der Waals surface area contributed by atoms with E-state index in [0.29, 0.717) is 6.54 Å². The summed E-state index contributed by atoms with van der Waals surface area (Å²) in [5.74, 6) is 0. The number of carbonyl (C=O) groups is 1. The van der Waals surface area contributed by atoms with Crippen molar-refractivity contribution in [2.24, 2.45) is 5.73 Å². The van der Waals surface area contributed by atoms with Gasteiger partial charge >= 0.3 is 6.09 Å². The Bertz CT molecular complexity index is 329. The van der Waals surface area contributed by atoms with E-state index in [-0.39, 0.29) is 13.2 Å². The van der Waals surface area contributed by atoms with Crippen LogP contribution in [0.15, 0.2) is 0 Å². The molecule has 0 bridgehead atoms. The standard InChI is InChI=1S/C12H22F2N2O3/c1-11(2,3)19-10(17)16-5-6-18-8(7-16)12(4,15)9(13)14/h8-9H,5-7,15H2,1-4H3. The molecule has 2 N–H and O–H groups in total. The predicted octanol–water partition coefficient (Wildman–Crippen LogP) is 1.60. The summed E-state index contributed by atoms with van der Waals surface area (Å²) >= 11 is 0. The number of carbonyl (C=O) groups excluding carboxylic acids is 1. The molecule has 2 unspecified atom stereocenters. The van der Waals surface area contributed by atoms with E-state index in [1.54, 1.807) is 20.8 Å². The van der Waals surface area contributed by atoms with Gasteiger partial charge in [-0.3, -0.25) is 0 Å². The zero-order valence-corrected chi connectivity index (χ0v) is 11.8. The predicted molar refractivity (Wildman–Crippen MR) is 66.1 cm³/mol. The second-order valence-electron chi connectivity index (χ2n) is 5.95. The Morgan fingerprint density at radius 3 is 2.47 bits per heavy atom. The van der Waals surface area contributed by atoms with Gasteiger partial charge in [-0.05, 0) is 27.7 Å². The minimum Gasteiger partial charge on any atom is -0.444 e. The average Bonchev–Trinajstić information content (AvgIpc) is 2.26. The highest BCUT2D eigenvalue weighted by molar-refractivity contribution is 5.68. The first kappa shape index (κ1) is 16.1. The van der Waals surface area contributed by atoms with Gasteiger partial charge in [0.05, 0.1) is 19.3 Å². The fraction of sp³-hybridized carbons (Fsp3) is 0.917. The molecule has 5 nitrogen and oxygen atoms in total. The lowest BCUT2D eigenvalue weighted by molar-refractivity contribution is -0.102. The molecular formula is C12H22F2N2O3. The Balaban J connectivity index is 2.67. The van der Waals surface area contributed by atoms with Crippen LogP contribution in [0.25, 0.3) is 0 Å². The second-order valence-corrected chi connectivity index (χ2v) is 5.95. The average molecular weight is 280 g/mol. The van der Waals surface area contributed by atoms with E-state index in [1.807, 2.05) is 0 Å². The van der Waals surface area contributed by atoms with Gasteiger partial charge in [0, 0.05) is 6.54 Å². The highest BCUT2D eigenvalue weighted by Crippen LogP contribution is 2.23. The van der Waals surface area contributed by atoms with Crippen LogP contribution >= 0.6 is 0 Å². The summed E-state index contributed by atoms with van der Waals surface area (Å²) in [5, 5.41) is 0. The molecule has 1 aliphatic heterocycles. The lowest BCUT2D eigenvalue weighted by Gasteiger charge is -2.40. The van der Waals surface area contributed by atoms with Crippen LogP contribution in [0, 0.1) is 0 Å². The van der Waals surface area contributed by atoms with Crippen LogP contribution < -0.4 is 5.73 Å². The molecule has 0 aromatic rings. The Labute approximate surface area is 112 Å². The summed E-state index contributed by atoms with van der Waals surface area (Å²) in [6, 6.07) is 0. The van der Waals surface area contributed by atoms with Crippen molar-refractivity contribution in [2.45, 2.75) is 51.4 Å². The van der Waals surface area contributed by atoms with Crippen molar-refractivity contribution in [1.29, 1.82) is 0 Å². The fourth-order valence-electron chi connectivity index (χ4n) is 1.66. The van der Waals surface area contributed by atoms with Crippen LogP contribution in [0.5, 0.6) is 0 Å². The molecule has 1 heterocycles. The first-order valence-electron chi connectivity index (χ1n) is 6.20. The molecule has 112 valence electrons. The van der Waals surface area contributed by atoms with Gasteiger partial charge < -0.3 is 20.1 Å². The summed E-state index contributed by atoms with van der Waals surface area (Å²) < 4.78 is 36.2. The number of hydrogen-bond acceptors (Lipinski definition) is 4. The Morgan fingerprint density at radius 2 is 2.00 bits per heavy atom. The van der Waals surface area contributed by atoms with Crippen LogP contribution in [0.3, 0.4) is 0 Å². The summed E-state index contributed by atoms with van der Waals surface area (Å²) in [6.07, 6.45) is -4.17. The van der Waals surface area contributed by atoms with Gasteiger partial charge in [-0.15, -0.1) is 0 Å². The molecule has 1 fully saturated rings. The van der Waals surface area contributed by atoms with Crippen molar-refractivity contribution < 1.29 is 23.0 Å². The van der Waals surface area contributed by atoms with E-state index in [0.717, 1.165) is 0 Å². The Morgan fingerprint density at radius 1 is 1.42 bits per heavy atom. The van der Waals surface area contributed by atoms with E-state index in [9.17, 15) is 13.6 Å².